The standard InChI is InChI=1S/C21H18N2O3/c1-13(20(24)22-16-10-3-4-12-18(16)26-2)23-17-11-6-8-14-7-5-9-15(19(14)17)21(23)25/h3-13H,1-2H3,(H,22,24)/t13-/m1/s1. The molecular formula is C21H18N2O3. The van der Waals surface area contributed by atoms with Crippen molar-refractivity contribution in [3.63, 3.8) is 0 Å². The minimum absolute atomic E-state index is 0.153. The zero-order chi connectivity index (χ0) is 18.3. The summed E-state index contributed by atoms with van der Waals surface area (Å²) in [7, 11) is 1.55. The van der Waals surface area contributed by atoms with Crippen molar-refractivity contribution in [2.45, 2.75) is 13.0 Å². The van der Waals surface area contributed by atoms with Gasteiger partial charge in [-0.15, -0.1) is 0 Å². The Kier molecular flexibility index (Phi) is 3.84. The van der Waals surface area contributed by atoms with Crippen LogP contribution in [-0.2, 0) is 4.79 Å². The summed E-state index contributed by atoms with van der Waals surface area (Å²) in [6, 6.07) is 17.9. The molecule has 0 aliphatic carbocycles. The lowest BCUT2D eigenvalue weighted by atomic mass is 10.1. The molecule has 26 heavy (non-hydrogen) atoms. The van der Waals surface area contributed by atoms with Gasteiger partial charge in [0.2, 0.25) is 5.91 Å². The van der Waals surface area contributed by atoms with Crippen molar-refractivity contribution in [2.75, 3.05) is 17.3 Å². The van der Waals surface area contributed by atoms with E-state index in [9.17, 15) is 9.59 Å². The summed E-state index contributed by atoms with van der Waals surface area (Å²) in [6.07, 6.45) is 0. The summed E-state index contributed by atoms with van der Waals surface area (Å²) in [5.41, 5.74) is 1.98. The first-order valence-electron chi connectivity index (χ1n) is 8.41. The molecule has 0 saturated heterocycles. The molecule has 5 heteroatoms. The van der Waals surface area contributed by atoms with Crippen LogP contribution in [0.5, 0.6) is 5.75 Å². The number of hydrogen-bond donors (Lipinski definition) is 1. The van der Waals surface area contributed by atoms with E-state index >= 15 is 0 Å². The largest absolute Gasteiger partial charge is 0.495 e. The number of amides is 2. The minimum Gasteiger partial charge on any atom is -0.495 e. The normalized spacial score (nSPS) is 13.8. The molecule has 3 aromatic carbocycles. The van der Waals surface area contributed by atoms with Crippen LogP contribution in [0.4, 0.5) is 11.4 Å². The third kappa shape index (κ3) is 2.40. The van der Waals surface area contributed by atoms with Gasteiger partial charge >= 0.3 is 0 Å². The highest BCUT2D eigenvalue weighted by atomic mass is 16.5. The zero-order valence-electron chi connectivity index (χ0n) is 14.5. The van der Waals surface area contributed by atoms with Gasteiger partial charge in [-0.1, -0.05) is 36.4 Å². The average molecular weight is 346 g/mol. The number of carbonyl (C=O) groups excluding carboxylic acids is 2. The Balaban J connectivity index is 1.67. The van der Waals surface area contributed by atoms with Gasteiger partial charge in [0.25, 0.3) is 5.91 Å². The smallest absolute Gasteiger partial charge is 0.259 e. The Morgan fingerprint density at radius 1 is 1.04 bits per heavy atom. The second kappa shape index (κ2) is 6.19. The Bertz CT molecular complexity index is 1020. The van der Waals surface area contributed by atoms with Gasteiger partial charge in [-0.25, -0.2) is 0 Å². The lowest BCUT2D eigenvalue weighted by Crippen LogP contribution is -2.44. The maximum Gasteiger partial charge on any atom is 0.259 e. The fourth-order valence-electron chi connectivity index (χ4n) is 3.43. The Hall–Kier alpha value is -3.34. The quantitative estimate of drug-likeness (QED) is 0.781. The van der Waals surface area contributed by atoms with Crippen LogP contribution in [0, 0.1) is 0 Å². The lowest BCUT2D eigenvalue weighted by Gasteiger charge is -2.25. The van der Waals surface area contributed by atoms with Gasteiger partial charge in [0.05, 0.1) is 18.5 Å². The number of para-hydroxylation sites is 2. The zero-order valence-corrected chi connectivity index (χ0v) is 14.5. The van der Waals surface area contributed by atoms with E-state index in [1.807, 2.05) is 42.5 Å². The molecule has 3 aromatic rings. The number of rotatable bonds is 4. The van der Waals surface area contributed by atoms with Crippen LogP contribution in [0.15, 0.2) is 60.7 Å². The van der Waals surface area contributed by atoms with Gasteiger partial charge in [-0.2, -0.15) is 0 Å². The van der Waals surface area contributed by atoms with Gasteiger partial charge in [-0.3, -0.25) is 14.5 Å². The molecule has 1 heterocycles. The fraction of sp³-hybridized carbons (Fsp3) is 0.143. The topological polar surface area (TPSA) is 58.6 Å². The number of nitrogens with one attached hydrogen (secondary N) is 1. The number of carbonyl (C=O) groups is 2. The predicted octanol–water partition coefficient (Wildman–Crippen LogP) is 3.84. The van der Waals surface area contributed by atoms with Crippen molar-refractivity contribution >= 4 is 34.0 Å². The van der Waals surface area contributed by atoms with Crippen LogP contribution >= 0.6 is 0 Å². The van der Waals surface area contributed by atoms with Crippen LogP contribution < -0.4 is 15.0 Å². The second-order valence-corrected chi connectivity index (χ2v) is 6.22. The van der Waals surface area contributed by atoms with Crippen molar-refractivity contribution in [1.82, 2.24) is 0 Å². The summed E-state index contributed by atoms with van der Waals surface area (Å²) in [4.78, 5) is 27.3. The SMILES string of the molecule is COc1ccccc1NC(=O)[C@@H](C)N1C(=O)c2cccc3cccc1c23. The fourth-order valence-corrected chi connectivity index (χ4v) is 3.43. The van der Waals surface area contributed by atoms with E-state index in [1.165, 1.54) is 0 Å². The highest BCUT2D eigenvalue weighted by Crippen LogP contribution is 2.38. The number of ether oxygens (including phenoxy) is 1. The van der Waals surface area contributed by atoms with Gasteiger partial charge in [0.15, 0.2) is 0 Å². The predicted molar refractivity (Wildman–Crippen MR) is 102 cm³/mol. The highest BCUT2D eigenvalue weighted by Gasteiger charge is 2.35. The Labute approximate surface area is 151 Å². The third-order valence-electron chi connectivity index (χ3n) is 4.72. The summed E-state index contributed by atoms with van der Waals surface area (Å²) in [6.45, 7) is 1.73. The van der Waals surface area contributed by atoms with E-state index in [0.717, 1.165) is 16.5 Å². The van der Waals surface area contributed by atoms with E-state index < -0.39 is 6.04 Å². The van der Waals surface area contributed by atoms with Crippen LogP contribution in [0.2, 0.25) is 0 Å². The maximum absolute atomic E-state index is 12.9. The molecule has 1 aliphatic rings. The molecule has 0 bridgehead atoms. The van der Waals surface area contributed by atoms with Crippen molar-refractivity contribution < 1.29 is 14.3 Å². The second-order valence-electron chi connectivity index (χ2n) is 6.22. The van der Waals surface area contributed by atoms with E-state index in [1.54, 1.807) is 37.1 Å². The Morgan fingerprint density at radius 2 is 1.77 bits per heavy atom. The van der Waals surface area contributed by atoms with E-state index in [2.05, 4.69) is 5.32 Å². The molecule has 0 spiro atoms. The van der Waals surface area contributed by atoms with Crippen molar-refractivity contribution in [3.8, 4) is 5.75 Å². The summed E-state index contributed by atoms with van der Waals surface area (Å²) in [5, 5.41) is 4.75. The summed E-state index contributed by atoms with van der Waals surface area (Å²) in [5.74, 6) is 0.151. The van der Waals surface area contributed by atoms with Crippen molar-refractivity contribution in [1.29, 1.82) is 0 Å². The average Bonchev–Trinajstić information content (AvgIpc) is 2.96. The molecule has 2 amide bonds. The minimum atomic E-state index is -0.662. The van der Waals surface area contributed by atoms with Crippen molar-refractivity contribution in [3.05, 3.63) is 66.2 Å². The summed E-state index contributed by atoms with van der Waals surface area (Å²) < 4.78 is 5.27. The first-order valence-corrected chi connectivity index (χ1v) is 8.41. The monoisotopic (exact) mass is 346 g/mol. The molecule has 130 valence electrons. The maximum atomic E-state index is 12.9. The number of nitrogens with zero attached hydrogens (tertiary/aromatic N) is 1. The Morgan fingerprint density at radius 3 is 2.54 bits per heavy atom. The number of hydrogen-bond acceptors (Lipinski definition) is 3. The van der Waals surface area contributed by atoms with Crippen LogP contribution in [0.1, 0.15) is 17.3 Å². The van der Waals surface area contributed by atoms with Gasteiger partial charge in [0.1, 0.15) is 11.8 Å². The van der Waals surface area contributed by atoms with E-state index in [4.69, 9.17) is 4.74 Å². The first kappa shape index (κ1) is 16.1. The molecule has 1 N–H and O–H groups in total. The van der Waals surface area contributed by atoms with E-state index in [-0.39, 0.29) is 11.8 Å². The van der Waals surface area contributed by atoms with E-state index in [0.29, 0.717) is 17.0 Å². The first-order chi connectivity index (χ1) is 12.6. The van der Waals surface area contributed by atoms with Gasteiger partial charge < -0.3 is 10.1 Å². The number of methoxy groups -OCH3 is 1. The lowest BCUT2D eigenvalue weighted by molar-refractivity contribution is -0.117. The summed E-state index contributed by atoms with van der Waals surface area (Å²) >= 11 is 0. The molecule has 0 unspecified atom stereocenters. The molecular weight excluding hydrogens is 328 g/mol. The molecule has 0 aromatic heterocycles. The third-order valence-corrected chi connectivity index (χ3v) is 4.72. The molecule has 1 atom stereocenters. The molecule has 4 rings (SSSR count). The number of benzene rings is 3. The highest BCUT2D eigenvalue weighted by molar-refractivity contribution is 6.27. The number of anilines is 2. The molecule has 0 radical (unpaired) electrons. The van der Waals surface area contributed by atoms with Crippen LogP contribution in [-0.4, -0.2) is 25.0 Å². The molecule has 0 saturated carbocycles. The molecule has 1 aliphatic heterocycles. The molecule has 0 fully saturated rings. The van der Waals surface area contributed by atoms with Gasteiger partial charge in [0, 0.05) is 10.9 Å². The van der Waals surface area contributed by atoms with Crippen molar-refractivity contribution in [2.24, 2.45) is 0 Å². The van der Waals surface area contributed by atoms with Crippen LogP contribution in [0.3, 0.4) is 0 Å². The van der Waals surface area contributed by atoms with Gasteiger partial charge in [-0.05, 0) is 36.6 Å². The van der Waals surface area contributed by atoms with Crippen LogP contribution in [0.25, 0.3) is 10.8 Å². The molecule has 5 nitrogen and oxygen atoms in total.